The maximum Gasteiger partial charge on any atom is 0.113 e. The Kier molecular flexibility index (Phi) is 3.53. The Morgan fingerprint density at radius 1 is 0.952 bits per heavy atom. The highest BCUT2D eigenvalue weighted by atomic mass is 15.2. The van der Waals surface area contributed by atoms with Crippen molar-refractivity contribution >= 4 is 0 Å². The van der Waals surface area contributed by atoms with E-state index >= 15 is 0 Å². The van der Waals surface area contributed by atoms with Gasteiger partial charge < -0.3 is 0 Å². The predicted molar refractivity (Wildman–Crippen MR) is 83.6 cm³/mol. The largest absolute Gasteiger partial charge is 0.275 e. The number of hydrogen-bond acceptors (Lipinski definition) is 2. The molecule has 0 amide bonds. The van der Waals surface area contributed by atoms with E-state index in [1.807, 2.05) is 68.7 Å². The molecule has 0 fully saturated rings. The van der Waals surface area contributed by atoms with Gasteiger partial charge in [0.2, 0.25) is 0 Å². The summed E-state index contributed by atoms with van der Waals surface area (Å²) in [7, 11) is 1.91. The summed E-state index contributed by atoms with van der Waals surface area (Å²) < 4.78 is 1.80. The fourth-order valence-corrected chi connectivity index (χ4v) is 2.04. The summed E-state index contributed by atoms with van der Waals surface area (Å²) in [5.74, 6) is 6.22. The maximum absolute atomic E-state index is 4.38. The van der Waals surface area contributed by atoms with Crippen molar-refractivity contribution in [2.45, 2.75) is 6.92 Å². The van der Waals surface area contributed by atoms with E-state index in [0.717, 1.165) is 28.2 Å². The smallest absolute Gasteiger partial charge is 0.113 e. The molecule has 21 heavy (non-hydrogen) atoms. The molecular weight excluding hydrogens is 258 g/mol. The lowest BCUT2D eigenvalue weighted by molar-refractivity contribution is 0.771. The third-order valence-corrected chi connectivity index (χ3v) is 3.12. The lowest BCUT2D eigenvalue weighted by Crippen LogP contribution is -1.88. The van der Waals surface area contributed by atoms with E-state index in [0.29, 0.717) is 0 Å². The van der Waals surface area contributed by atoms with Crippen molar-refractivity contribution in [2.24, 2.45) is 7.05 Å². The molecule has 0 atom stereocenters. The van der Waals surface area contributed by atoms with Crippen LogP contribution in [-0.4, -0.2) is 14.8 Å². The Balaban J connectivity index is 1.82. The van der Waals surface area contributed by atoms with Crippen molar-refractivity contribution in [1.82, 2.24) is 14.8 Å². The lowest BCUT2D eigenvalue weighted by atomic mass is 10.1. The Morgan fingerprint density at radius 2 is 1.76 bits per heavy atom. The minimum absolute atomic E-state index is 0.795. The number of aryl methyl sites for hydroxylation is 2. The number of rotatable bonds is 1. The predicted octanol–water partition coefficient (Wildman–Crippen LogP) is 3.19. The lowest BCUT2D eigenvalue weighted by Gasteiger charge is -1.97. The number of benzene rings is 1. The number of nitrogens with zero attached hydrogens (tertiary/aromatic N) is 3. The van der Waals surface area contributed by atoms with E-state index in [-0.39, 0.29) is 0 Å². The summed E-state index contributed by atoms with van der Waals surface area (Å²) in [5, 5.41) is 4.38. The summed E-state index contributed by atoms with van der Waals surface area (Å²) in [6, 6.07) is 15.9. The van der Waals surface area contributed by atoms with Crippen LogP contribution in [0.4, 0.5) is 0 Å². The zero-order valence-electron chi connectivity index (χ0n) is 12.0. The summed E-state index contributed by atoms with van der Waals surface area (Å²) in [6.45, 7) is 1.97. The molecule has 0 aliphatic carbocycles. The SMILES string of the molecule is Cc1cccc(C#Cc2ccc(-c3ccn(C)n3)cc2)n1. The minimum atomic E-state index is 0.795. The third kappa shape index (κ3) is 3.18. The zero-order chi connectivity index (χ0) is 14.7. The summed E-state index contributed by atoms with van der Waals surface area (Å²) in [6.07, 6.45) is 1.94. The number of hydrogen-bond donors (Lipinski definition) is 0. The monoisotopic (exact) mass is 273 g/mol. The van der Waals surface area contributed by atoms with Crippen LogP contribution < -0.4 is 0 Å². The molecule has 0 saturated carbocycles. The van der Waals surface area contributed by atoms with Gasteiger partial charge in [-0.2, -0.15) is 5.10 Å². The van der Waals surface area contributed by atoms with Crippen molar-refractivity contribution in [3.05, 3.63) is 71.7 Å². The average molecular weight is 273 g/mol. The van der Waals surface area contributed by atoms with Gasteiger partial charge in [0.1, 0.15) is 5.69 Å². The van der Waals surface area contributed by atoms with E-state index in [1.54, 1.807) is 4.68 Å². The van der Waals surface area contributed by atoms with Crippen LogP contribution in [0.1, 0.15) is 17.0 Å². The Morgan fingerprint density at radius 3 is 2.43 bits per heavy atom. The van der Waals surface area contributed by atoms with Crippen LogP contribution >= 0.6 is 0 Å². The molecule has 3 rings (SSSR count). The maximum atomic E-state index is 4.38. The van der Waals surface area contributed by atoms with E-state index in [2.05, 4.69) is 21.9 Å². The molecule has 0 spiro atoms. The normalized spacial score (nSPS) is 10.0. The van der Waals surface area contributed by atoms with Gasteiger partial charge in [-0.05, 0) is 43.2 Å². The molecule has 1 aromatic carbocycles. The summed E-state index contributed by atoms with van der Waals surface area (Å²) >= 11 is 0. The summed E-state index contributed by atoms with van der Waals surface area (Å²) in [4.78, 5) is 4.37. The molecule has 3 heteroatoms. The van der Waals surface area contributed by atoms with Crippen LogP contribution in [-0.2, 0) is 7.05 Å². The van der Waals surface area contributed by atoms with E-state index in [9.17, 15) is 0 Å². The molecule has 0 aliphatic rings. The first-order valence-electron chi connectivity index (χ1n) is 6.76. The molecule has 3 nitrogen and oxygen atoms in total. The first-order chi connectivity index (χ1) is 10.2. The highest BCUT2D eigenvalue weighted by Gasteiger charge is 2.00. The zero-order valence-corrected chi connectivity index (χ0v) is 12.0. The van der Waals surface area contributed by atoms with Crippen molar-refractivity contribution in [3.63, 3.8) is 0 Å². The van der Waals surface area contributed by atoms with Gasteiger partial charge in [-0.15, -0.1) is 0 Å². The van der Waals surface area contributed by atoms with Gasteiger partial charge in [0.05, 0.1) is 5.69 Å². The molecular formula is C18H15N3. The average Bonchev–Trinajstić information content (AvgIpc) is 2.92. The van der Waals surface area contributed by atoms with Gasteiger partial charge in [-0.3, -0.25) is 4.68 Å². The Labute approximate surface area is 124 Å². The van der Waals surface area contributed by atoms with Crippen LogP contribution in [0, 0.1) is 18.8 Å². The van der Waals surface area contributed by atoms with Gasteiger partial charge in [-0.1, -0.05) is 24.1 Å². The molecule has 0 radical (unpaired) electrons. The van der Waals surface area contributed by atoms with Crippen LogP contribution in [0.15, 0.2) is 54.7 Å². The fourth-order valence-electron chi connectivity index (χ4n) is 2.04. The number of pyridine rings is 1. The van der Waals surface area contributed by atoms with Gasteiger partial charge in [0, 0.05) is 30.1 Å². The highest BCUT2D eigenvalue weighted by molar-refractivity contribution is 5.60. The molecule has 0 bridgehead atoms. The molecule has 102 valence electrons. The minimum Gasteiger partial charge on any atom is -0.275 e. The Bertz CT molecular complexity index is 817. The van der Waals surface area contributed by atoms with Gasteiger partial charge >= 0.3 is 0 Å². The van der Waals surface area contributed by atoms with Gasteiger partial charge in [0.15, 0.2) is 0 Å². The Hall–Kier alpha value is -2.86. The molecule has 0 aliphatic heterocycles. The third-order valence-electron chi connectivity index (χ3n) is 3.12. The second kappa shape index (κ2) is 5.64. The first kappa shape index (κ1) is 13.1. The van der Waals surface area contributed by atoms with Crippen LogP contribution in [0.5, 0.6) is 0 Å². The van der Waals surface area contributed by atoms with Crippen molar-refractivity contribution < 1.29 is 0 Å². The van der Waals surface area contributed by atoms with Crippen molar-refractivity contribution in [2.75, 3.05) is 0 Å². The van der Waals surface area contributed by atoms with E-state index < -0.39 is 0 Å². The standard InChI is InChI=1S/C18H15N3/c1-14-4-3-5-17(19-14)11-8-15-6-9-16(10-7-15)18-12-13-21(2)20-18/h3-7,9-10,12-13H,1-2H3. The van der Waals surface area contributed by atoms with E-state index in [4.69, 9.17) is 0 Å². The van der Waals surface area contributed by atoms with Crippen LogP contribution in [0.2, 0.25) is 0 Å². The summed E-state index contributed by atoms with van der Waals surface area (Å²) in [5.41, 5.74) is 4.81. The van der Waals surface area contributed by atoms with Crippen LogP contribution in [0.25, 0.3) is 11.3 Å². The number of aromatic nitrogens is 3. The second-order valence-electron chi connectivity index (χ2n) is 4.87. The highest BCUT2D eigenvalue weighted by Crippen LogP contribution is 2.16. The van der Waals surface area contributed by atoms with Gasteiger partial charge in [-0.25, -0.2) is 4.98 Å². The van der Waals surface area contributed by atoms with Crippen molar-refractivity contribution in [1.29, 1.82) is 0 Å². The molecule has 2 heterocycles. The van der Waals surface area contributed by atoms with Gasteiger partial charge in [0.25, 0.3) is 0 Å². The van der Waals surface area contributed by atoms with Crippen LogP contribution in [0.3, 0.4) is 0 Å². The first-order valence-corrected chi connectivity index (χ1v) is 6.76. The molecule has 3 aromatic rings. The fraction of sp³-hybridized carbons (Fsp3) is 0.111. The topological polar surface area (TPSA) is 30.7 Å². The molecule has 0 saturated heterocycles. The molecule has 2 aromatic heterocycles. The second-order valence-corrected chi connectivity index (χ2v) is 4.87. The quantitative estimate of drug-likeness (QED) is 0.637. The van der Waals surface area contributed by atoms with E-state index in [1.165, 1.54) is 0 Å². The molecule has 0 N–H and O–H groups in total. The van der Waals surface area contributed by atoms with Crippen molar-refractivity contribution in [3.8, 4) is 23.1 Å². The molecule has 0 unspecified atom stereocenters.